The maximum absolute atomic E-state index is 11.6. The normalized spacial score (nSPS) is 10.6. The first-order valence-corrected chi connectivity index (χ1v) is 7.88. The highest BCUT2D eigenvalue weighted by molar-refractivity contribution is 7.98. The number of halogens is 1. The third-order valence-electron chi connectivity index (χ3n) is 2.68. The van der Waals surface area contributed by atoms with Crippen LogP contribution in [-0.4, -0.2) is 32.8 Å². The summed E-state index contributed by atoms with van der Waals surface area (Å²) in [4.78, 5) is 17.2. The Morgan fingerprint density at radius 2 is 2.35 bits per heavy atom. The molecular weight excluding hydrogens is 316 g/mol. The van der Waals surface area contributed by atoms with Gasteiger partial charge in [-0.15, -0.1) is 11.8 Å². The lowest BCUT2D eigenvalue weighted by atomic mass is 10.4. The Morgan fingerprint density at radius 3 is 2.85 bits per heavy atom. The molecule has 0 unspecified atom stereocenters. The van der Waals surface area contributed by atoms with E-state index >= 15 is 0 Å². The lowest BCUT2D eigenvalue weighted by Crippen LogP contribution is -2.25. The van der Waals surface area contributed by atoms with Gasteiger partial charge in [-0.1, -0.05) is 24.2 Å². The van der Waals surface area contributed by atoms with Crippen molar-refractivity contribution in [3.05, 3.63) is 29.7 Å². The molecule has 2 rings (SSSR count). The predicted molar refractivity (Wildman–Crippen MR) is 85.6 cm³/mol. The third-order valence-corrected chi connectivity index (χ3v) is 3.93. The minimum absolute atomic E-state index is 0.266. The van der Waals surface area contributed by atoms with Crippen LogP contribution >= 0.6 is 36.0 Å². The Bertz CT molecular complexity index is 617. The van der Waals surface area contributed by atoms with E-state index in [9.17, 15) is 4.79 Å². The van der Waals surface area contributed by atoms with Gasteiger partial charge in [0.2, 0.25) is 0 Å². The summed E-state index contributed by atoms with van der Waals surface area (Å²) in [7, 11) is 0. The quantitative estimate of drug-likeness (QED) is 0.689. The molecule has 8 heteroatoms. The van der Waals surface area contributed by atoms with Crippen molar-refractivity contribution in [3.8, 4) is 5.69 Å². The van der Waals surface area contributed by atoms with Crippen LogP contribution in [0.25, 0.3) is 5.69 Å². The molecule has 20 heavy (non-hydrogen) atoms. The first kappa shape index (κ1) is 15.2. The van der Waals surface area contributed by atoms with Gasteiger partial charge in [-0.05, 0) is 25.3 Å². The Balaban J connectivity index is 2.60. The van der Waals surface area contributed by atoms with Gasteiger partial charge in [0.1, 0.15) is 10.7 Å². The van der Waals surface area contributed by atoms with Gasteiger partial charge in [0.25, 0.3) is 5.24 Å². The summed E-state index contributed by atoms with van der Waals surface area (Å²) < 4.78 is 1.68. The summed E-state index contributed by atoms with van der Waals surface area (Å²) in [6.45, 7) is 2.32. The molecule has 1 amide bonds. The summed E-state index contributed by atoms with van der Waals surface area (Å²) in [5.74, 6) is 0. The van der Waals surface area contributed by atoms with Crippen LogP contribution in [0.15, 0.2) is 29.6 Å². The Labute approximate surface area is 131 Å². The molecule has 0 aromatic carbocycles. The van der Waals surface area contributed by atoms with Gasteiger partial charge in [0, 0.05) is 12.7 Å². The van der Waals surface area contributed by atoms with Gasteiger partial charge in [-0.25, -0.2) is 4.68 Å². The van der Waals surface area contributed by atoms with E-state index in [2.05, 4.69) is 22.7 Å². The second-order valence-corrected chi connectivity index (χ2v) is 5.33. The molecule has 0 bridgehead atoms. The highest BCUT2D eigenvalue weighted by Gasteiger charge is 2.24. The maximum atomic E-state index is 11.6. The predicted octanol–water partition coefficient (Wildman–Crippen LogP) is 3.52. The molecule has 2 aromatic heterocycles. The van der Waals surface area contributed by atoms with Gasteiger partial charge in [-0.3, -0.25) is 14.7 Å². The molecule has 0 saturated heterocycles. The van der Waals surface area contributed by atoms with E-state index in [1.54, 1.807) is 17.1 Å². The van der Waals surface area contributed by atoms with Crippen LogP contribution in [-0.2, 0) is 0 Å². The number of carbonyl (C=O) groups excluding carboxylic acids is 1. The molecular formula is C12H13ClN4OS2. The highest BCUT2D eigenvalue weighted by atomic mass is 35.5. The number of carbonyl (C=O) groups is 1. The van der Waals surface area contributed by atoms with Crippen LogP contribution < -0.4 is 4.90 Å². The number of amides is 1. The average Bonchev–Trinajstić information content (AvgIpc) is 2.77. The molecule has 5 nitrogen and oxygen atoms in total. The average molecular weight is 329 g/mol. The minimum Gasteiger partial charge on any atom is -0.298 e. The molecule has 0 aliphatic rings. The van der Waals surface area contributed by atoms with Crippen molar-refractivity contribution >= 4 is 46.9 Å². The van der Waals surface area contributed by atoms with E-state index < -0.39 is 0 Å². The summed E-state index contributed by atoms with van der Waals surface area (Å²) in [6.07, 6.45) is 5.27. The summed E-state index contributed by atoms with van der Waals surface area (Å²) in [5, 5.41) is 4.97. The second kappa shape index (κ2) is 6.51. The van der Waals surface area contributed by atoms with E-state index in [0.29, 0.717) is 12.2 Å². The fourth-order valence-corrected chi connectivity index (χ4v) is 3.11. The topological polar surface area (TPSA) is 51.0 Å². The SMILES string of the molecule is CCN(C(=O)S)c1c(Cl)nn(-c2cccnc2)c1SC. The van der Waals surface area contributed by atoms with Crippen molar-refractivity contribution in [1.82, 2.24) is 14.8 Å². The number of nitrogens with zero attached hydrogens (tertiary/aromatic N) is 4. The zero-order chi connectivity index (χ0) is 14.7. The third kappa shape index (κ3) is 2.79. The molecule has 0 spiro atoms. The Morgan fingerprint density at radius 1 is 1.60 bits per heavy atom. The smallest absolute Gasteiger partial charge is 0.283 e. The van der Waals surface area contributed by atoms with Crippen molar-refractivity contribution in [3.63, 3.8) is 0 Å². The number of hydrogen-bond donors (Lipinski definition) is 1. The Hall–Kier alpha value is -1.18. The van der Waals surface area contributed by atoms with E-state index in [0.717, 1.165) is 10.7 Å². The maximum Gasteiger partial charge on any atom is 0.283 e. The zero-order valence-electron chi connectivity index (χ0n) is 10.9. The lowest BCUT2D eigenvalue weighted by Gasteiger charge is -2.18. The molecule has 0 saturated carbocycles. The largest absolute Gasteiger partial charge is 0.298 e. The standard InChI is InChI=1S/C12H13ClN4OS2/c1-3-16(12(18)19)9-10(13)15-17(11(9)20-2)8-5-4-6-14-7-8/h4-7H,3H2,1-2H3,(H,18,19). The Kier molecular flexibility index (Phi) is 4.95. The van der Waals surface area contributed by atoms with Gasteiger partial charge in [0.15, 0.2) is 5.15 Å². The minimum atomic E-state index is -0.365. The second-order valence-electron chi connectivity index (χ2n) is 3.80. The van der Waals surface area contributed by atoms with Gasteiger partial charge in [0.05, 0.1) is 11.9 Å². The van der Waals surface area contributed by atoms with Crippen molar-refractivity contribution in [2.75, 3.05) is 17.7 Å². The van der Waals surface area contributed by atoms with Crippen LogP contribution in [0.3, 0.4) is 0 Å². The first-order valence-electron chi connectivity index (χ1n) is 5.83. The van der Waals surface area contributed by atoms with Crippen LogP contribution in [0, 0.1) is 0 Å². The number of rotatable bonds is 4. The lowest BCUT2D eigenvalue weighted by molar-refractivity contribution is 0.265. The molecule has 0 radical (unpaired) electrons. The molecule has 0 aliphatic heterocycles. The molecule has 2 aromatic rings. The van der Waals surface area contributed by atoms with Crippen molar-refractivity contribution in [2.45, 2.75) is 11.9 Å². The van der Waals surface area contributed by atoms with Crippen molar-refractivity contribution in [2.24, 2.45) is 0 Å². The number of hydrogen-bond acceptors (Lipinski definition) is 4. The number of anilines is 1. The van der Waals surface area contributed by atoms with Crippen molar-refractivity contribution < 1.29 is 4.79 Å². The highest BCUT2D eigenvalue weighted by Crippen LogP contribution is 2.37. The number of aromatic nitrogens is 3. The number of thiol groups is 1. The summed E-state index contributed by atoms with van der Waals surface area (Å²) >= 11 is 11.5. The fraction of sp³-hybridized carbons (Fsp3) is 0.250. The monoisotopic (exact) mass is 328 g/mol. The van der Waals surface area contributed by atoms with Crippen LogP contribution in [0.5, 0.6) is 0 Å². The van der Waals surface area contributed by atoms with Crippen molar-refractivity contribution in [1.29, 1.82) is 0 Å². The van der Waals surface area contributed by atoms with Crippen LogP contribution in [0.2, 0.25) is 5.15 Å². The summed E-state index contributed by atoms with van der Waals surface area (Å²) in [5.41, 5.74) is 1.36. The number of thioether (sulfide) groups is 1. The zero-order valence-corrected chi connectivity index (χ0v) is 13.4. The molecule has 106 valence electrons. The molecule has 0 fully saturated rings. The van der Waals surface area contributed by atoms with Gasteiger partial charge >= 0.3 is 0 Å². The van der Waals surface area contributed by atoms with Gasteiger partial charge < -0.3 is 0 Å². The first-order chi connectivity index (χ1) is 9.60. The van der Waals surface area contributed by atoms with E-state index in [1.807, 2.05) is 25.3 Å². The van der Waals surface area contributed by atoms with E-state index in [4.69, 9.17) is 11.6 Å². The molecule has 0 N–H and O–H groups in total. The molecule has 0 aliphatic carbocycles. The van der Waals surface area contributed by atoms with Crippen LogP contribution in [0.1, 0.15) is 6.92 Å². The van der Waals surface area contributed by atoms with E-state index in [1.165, 1.54) is 16.7 Å². The molecule has 2 heterocycles. The van der Waals surface area contributed by atoms with Gasteiger partial charge in [-0.2, -0.15) is 5.10 Å². The summed E-state index contributed by atoms with van der Waals surface area (Å²) in [6, 6.07) is 3.69. The van der Waals surface area contributed by atoms with Crippen LogP contribution in [0.4, 0.5) is 10.5 Å². The molecule has 0 atom stereocenters. The fourth-order valence-electron chi connectivity index (χ4n) is 1.82. The van der Waals surface area contributed by atoms with E-state index in [-0.39, 0.29) is 10.4 Å². The number of pyridine rings is 1.